The van der Waals surface area contributed by atoms with E-state index in [1.54, 1.807) is 0 Å². The molecular weight excluding hydrogens is 264 g/mol. The van der Waals surface area contributed by atoms with Crippen molar-refractivity contribution >= 4 is 11.9 Å². The number of benzene rings is 1. The summed E-state index contributed by atoms with van der Waals surface area (Å²) in [4.78, 5) is 22.2. The van der Waals surface area contributed by atoms with Crippen LogP contribution < -0.4 is 5.32 Å². The minimum absolute atomic E-state index is 0.0816. The molecular formula is C12H12N4O4. The summed E-state index contributed by atoms with van der Waals surface area (Å²) >= 11 is 0. The number of nitrogens with one attached hydrogen (secondary N) is 1. The zero-order valence-electron chi connectivity index (χ0n) is 10.4. The van der Waals surface area contributed by atoms with Crippen molar-refractivity contribution in [3.63, 3.8) is 0 Å². The van der Waals surface area contributed by atoms with E-state index < -0.39 is 5.97 Å². The molecule has 1 amide bonds. The van der Waals surface area contributed by atoms with Gasteiger partial charge in [0.05, 0.1) is 12.7 Å². The van der Waals surface area contributed by atoms with E-state index >= 15 is 0 Å². The standard InChI is InChI=1S/C12H12N4O4/c17-10-3-1-8(2-4-10)12(20)13-5-9-6-16(15-14-9)7-11(18)19/h1-4,6,17H,5,7H2,(H,13,20)(H,18,19). The van der Waals surface area contributed by atoms with Gasteiger partial charge in [0.2, 0.25) is 0 Å². The number of carbonyl (C=O) groups excluding carboxylic acids is 1. The highest BCUT2D eigenvalue weighted by Crippen LogP contribution is 2.09. The van der Waals surface area contributed by atoms with E-state index in [0.717, 1.165) is 0 Å². The van der Waals surface area contributed by atoms with Crippen molar-refractivity contribution in [2.24, 2.45) is 0 Å². The van der Waals surface area contributed by atoms with Gasteiger partial charge >= 0.3 is 5.97 Å². The molecule has 0 saturated heterocycles. The van der Waals surface area contributed by atoms with Gasteiger partial charge in [-0.2, -0.15) is 0 Å². The van der Waals surface area contributed by atoms with Crippen LogP contribution in [0, 0.1) is 0 Å². The molecule has 8 heteroatoms. The molecule has 1 aromatic heterocycles. The number of hydrogen-bond donors (Lipinski definition) is 3. The molecule has 0 unspecified atom stereocenters. The summed E-state index contributed by atoms with van der Waals surface area (Å²) < 4.78 is 1.17. The van der Waals surface area contributed by atoms with Crippen molar-refractivity contribution in [3.8, 4) is 5.75 Å². The molecule has 8 nitrogen and oxygen atoms in total. The third-order valence-corrected chi connectivity index (χ3v) is 2.44. The second-order valence-corrected chi connectivity index (χ2v) is 4.03. The van der Waals surface area contributed by atoms with Crippen LogP contribution in [0.3, 0.4) is 0 Å². The van der Waals surface area contributed by atoms with Gasteiger partial charge in [-0.3, -0.25) is 9.59 Å². The molecule has 104 valence electrons. The van der Waals surface area contributed by atoms with Crippen LogP contribution in [0.4, 0.5) is 0 Å². The Balaban J connectivity index is 1.91. The van der Waals surface area contributed by atoms with E-state index in [0.29, 0.717) is 11.3 Å². The zero-order valence-corrected chi connectivity index (χ0v) is 10.4. The molecule has 0 spiro atoms. The van der Waals surface area contributed by atoms with E-state index in [1.807, 2.05) is 0 Å². The number of aliphatic carboxylic acids is 1. The number of hydrogen-bond acceptors (Lipinski definition) is 5. The third kappa shape index (κ3) is 3.55. The average Bonchev–Trinajstić information content (AvgIpc) is 2.83. The first kappa shape index (κ1) is 13.5. The maximum atomic E-state index is 11.8. The van der Waals surface area contributed by atoms with Gasteiger partial charge in [-0.05, 0) is 24.3 Å². The van der Waals surface area contributed by atoms with Gasteiger partial charge in [0.25, 0.3) is 5.91 Å². The monoisotopic (exact) mass is 276 g/mol. The molecule has 0 atom stereocenters. The predicted molar refractivity (Wildman–Crippen MR) is 66.9 cm³/mol. The number of carboxylic acid groups (broad SMARTS) is 1. The average molecular weight is 276 g/mol. The summed E-state index contributed by atoms with van der Waals surface area (Å²) in [6.45, 7) is -0.141. The van der Waals surface area contributed by atoms with Crippen molar-refractivity contribution < 1.29 is 19.8 Å². The van der Waals surface area contributed by atoms with E-state index in [4.69, 9.17) is 10.2 Å². The largest absolute Gasteiger partial charge is 0.508 e. The van der Waals surface area contributed by atoms with Crippen LogP contribution in [0.15, 0.2) is 30.5 Å². The third-order valence-electron chi connectivity index (χ3n) is 2.44. The minimum Gasteiger partial charge on any atom is -0.508 e. The Kier molecular flexibility index (Phi) is 3.94. The van der Waals surface area contributed by atoms with E-state index in [2.05, 4.69) is 15.6 Å². The fraction of sp³-hybridized carbons (Fsp3) is 0.167. The molecule has 2 rings (SSSR count). The highest BCUT2D eigenvalue weighted by Gasteiger charge is 2.08. The molecule has 0 fully saturated rings. The first-order valence-corrected chi connectivity index (χ1v) is 5.72. The van der Waals surface area contributed by atoms with Crippen LogP contribution in [0.25, 0.3) is 0 Å². The Morgan fingerprint density at radius 3 is 2.60 bits per heavy atom. The smallest absolute Gasteiger partial charge is 0.325 e. The first-order chi connectivity index (χ1) is 9.54. The molecule has 1 aromatic carbocycles. The lowest BCUT2D eigenvalue weighted by Gasteiger charge is -2.02. The molecule has 0 saturated carbocycles. The summed E-state index contributed by atoms with van der Waals surface area (Å²) in [7, 11) is 0. The summed E-state index contributed by atoms with van der Waals surface area (Å²) in [5.74, 6) is -1.26. The topological polar surface area (TPSA) is 117 Å². The van der Waals surface area contributed by atoms with E-state index in [-0.39, 0.29) is 24.7 Å². The Labute approximate surface area is 113 Å². The van der Waals surface area contributed by atoms with Crippen LogP contribution >= 0.6 is 0 Å². The van der Waals surface area contributed by atoms with Gasteiger partial charge in [-0.25, -0.2) is 4.68 Å². The molecule has 0 aliphatic rings. The lowest BCUT2D eigenvalue weighted by Crippen LogP contribution is -2.22. The SMILES string of the molecule is O=C(O)Cn1cc(CNC(=O)c2ccc(O)cc2)nn1. The quantitative estimate of drug-likeness (QED) is 0.707. The van der Waals surface area contributed by atoms with Gasteiger partial charge in [0.15, 0.2) is 0 Å². The van der Waals surface area contributed by atoms with Gasteiger partial charge in [0, 0.05) is 5.56 Å². The molecule has 0 radical (unpaired) electrons. The fourth-order valence-corrected chi connectivity index (χ4v) is 1.52. The molecule has 3 N–H and O–H groups in total. The van der Waals surface area contributed by atoms with E-state index in [9.17, 15) is 9.59 Å². The molecule has 0 aliphatic carbocycles. The van der Waals surface area contributed by atoms with Gasteiger partial charge in [-0.15, -0.1) is 5.10 Å². The number of phenols is 1. The number of aromatic hydroxyl groups is 1. The second kappa shape index (κ2) is 5.83. The highest BCUT2D eigenvalue weighted by molar-refractivity contribution is 5.94. The van der Waals surface area contributed by atoms with Gasteiger partial charge in [-0.1, -0.05) is 5.21 Å². The molecule has 0 bridgehead atoms. The number of phenolic OH excluding ortho intramolecular Hbond substituents is 1. The van der Waals surface area contributed by atoms with Crippen molar-refractivity contribution in [1.29, 1.82) is 0 Å². The van der Waals surface area contributed by atoms with Gasteiger partial charge in [0.1, 0.15) is 18.0 Å². The number of nitrogens with zero attached hydrogens (tertiary/aromatic N) is 3. The Morgan fingerprint density at radius 2 is 1.95 bits per heavy atom. The lowest BCUT2D eigenvalue weighted by molar-refractivity contribution is -0.137. The van der Waals surface area contributed by atoms with Gasteiger partial charge < -0.3 is 15.5 Å². The summed E-state index contributed by atoms with van der Waals surface area (Å²) in [6, 6.07) is 5.81. The summed E-state index contributed by atoms with van der Waals surface area (Å²) in [5.41, 5.74) is 0.860. The molecule has 2 aromatic rings. The maximum Gasteiger partial charge on any atom is 0.325 e. The maximum absolute atomic E-state index is 11.8. The number of amides is 1. The van der Waals surface area contributed by atoms with Crippen molar-refractivity contribution in [2.75, 3.05) is 0 Å². The number of rotatable bonds is 5. The lowest BCUT2D eigenvalue weighted by atomic mass is 10.2. The summed E-state index contributed by atoms with van der Waals surface area (Å²) in [6.07, 6.45) is 1.45. The first-order valence-electron chi connectivity index (χ1n) is 5.72. The molecule has 0 aliphatic heterocycles. The Bertz CT molecular complexity index is 621. The predicted octanol–water partition coefficient (Wildman–Crippen LogP) is -0.00170. The number of carboxylic acids is 1. The van der Waals surface area contributed by atoms with Crippen molar-refractivity contribution in [3.05, 3.63) is 41.7 Å². The Morgan fingerprint density at radius 1 is 1.25 bits per heavy atom. The van der Waals surface area contributed by atoms with Crippen LogP contribution in [0.2, 0.25) is 0 Å². The normalized spacial score (nSPS) is 10.2. The number of aromatic nitrogens is 3. The van der Waals surface area contributed by atoms with Crippen molar-refractivity contribution in [2.45, 2.75) is 13.1 Å². The van der Waals surface area contributed by atoms with Crippen LogP contribution in [0.1, 0.15) is 16.1 Å². The molecule has 1 heterocycles. The summed E-state index contributed by atoms with van der Waals surface area (Å²) in [5, 5.41) is 27.7. The minimum atomic E-state index is -1.02. The highest BCUT2D eigenvalue weighted by atomic mass is 16.4. The Hall–Kier alpha value is -2.90. The fourth-order valence-electron chi connectivity index (χ4n) is 1.52. The second-order valence-electron chi connectivity index (χ2n) is 4.03. The number of carbonyl (C=O) groups is 2. The van der Waals surface area contributed by atoms with Crippen molar-refractivity contribution in [1.82, 2.24) is 20.3 Å². The zero-order chi connectivity index (χ0) is 14.5. The van der Waals surface area contributed by atoms with Crippen LogP contribution in [-0.2, 0) is 17.9 Å². The van der Waals surface area contributed by atoms with E-state index in [1.165, 1.54) is 35.1 Å². The van der Waals surface area contributed by atoms with Crippen LogP contribution in [-0.4, -0.2) is 37.1 Å². The molecule has 20 heavy (non-hydrogen) atoms. The van der Waals surface area contributed by atoms with Crippen LogP contribution in [0.5, 0.6) is 5.75 Å².